The molecule has 0 amide bonds. The number of hydrogen-bond acceptors (Lipinski definition) is 4. The Morgan fingerprint density at radius 1 is 1.36 bits per heavy atom. The number of rotatable bonds is 6. The minimum atomic E-state index is -0.439. The maximum atomic E-state index is 10.2. The zero-order valence-electron chi connectivity index (χ0n) is 14.3. The fraction of sp³-hybridized carbons (Fsp3) is 0.667. The molecular formula is C18H33N3O. The molecule has 4 heteroatoms. The molecule has 1 heterocycles. The summed E-state index contributed by atoms with van der Waals surface area (Å²) in [6.45, 7) is 7.16. The van der Waals surface area contributed by atoms with Crippen molar-refractivity contribution in [2.24, 2.45) is 5.73 Å². The van der Waals surface area contributed by atoms with Crippen LogP contribution in [0.1, 0.15) is 32.3 Å². The van der Waals surface area contributed by atoms with E-state index in [4.69, 9.17) is 5.73 Å². The van der Waals surface area contributed by atoms with Crippen LogP contribution in [0.2, 0.25) is 0 Å². The fourth-order valence-corrected chi connectivity index (χ4v) is 2.66. The van der Waals surface area contributed by atoms with Gasteiger partial charge in [0.05, 0.1) is 6.10 Å². The predicted octanol–water partition coefficient (Wildman–Crippen LogP) is 1.63. The number of aliphatic hydroxyl groups is 1. The summed E-state index contributed by atoms with van der Waals surface area (Å²) >= 11 is 0. The van der Waals surface area contributed by atoms with E-state index in [9.17, 15) is 5.11 Å². The maximum Gasteiger partial charge on any atom is 0.0821 e. The highest BCUT2D eigenvalue weighted by Gasteiger charge is 2.25. The molecule has 0 bridgehead atoms. The summed E-state index contributed by atoms with van der Waals surface area (Å²) in [6, 6.07) is 10.5. The van der Waals surface area contributed by atoms with Gasteiger partial charge in [0.25, 0.3) is 0 Å². The molecule has 1 aliphatic rings. The first kappa shape index (κ1) is 19.1. The number of hydrogen-bond donors (Lipinski definition) is 3. The normalized spacial score (nSPS) is 21.0. The molecule has 1 aromatic rings. The topological polar surface area (TPSA) is 61.5 Å². The number of aliphatic hydroxyl groups excluding tert-OH is 1. The van der Waals surface area contributed by atoms with Crippen LogP contribution in [0.5, 0.6) is 0 Å². The summed E-state index contributed by atoms with van der Waals surface area (Å²) in [7, 11) is 1.93. The van der Waals surface area contributed by atoms with E-state index in [1.807, 2.05) is 25.2 Å². The summed E-state index contributed by atoms with van der Waals surface area (Å²) < 4.78 is 0. The van der Waals surface area contributed by atoms with Gasteiger partial charge in [-0.3, -0.25) is 4.90 Å². The van der Waals surface area contributed by atoms with Crippen molar-refractivity contribution >= 4 is 0 Å². The van der Waals surface area contributed by atoms with E-state index in [1.54, 1.807) is 0 Å². The second-order valence-corrected chi connectivity index (χ2v) is 6.11. The van der Waals surface area contributed by atoms with E-state index in [-0.39, 0.29) is 6.04 Å². The molecule has 0 aliphatic carbocycles. The highest BCUT2D eigenvalue weighted by atomic mass is 16.3. The van der Waals surface area contributed by atoms with E-state index >= 15 is 0 Å². The van der Waals surface area contributed by atoms with Crippen molar-refractivity contribution in [3.05, 3.63) is 35.9 Å². The first-order valence-corrected chi connectivity index (χ1v) is 8.44. The largest absolute Gasteiger partial charge is 0.390 e. The molecule has 0 aromatic heterocycles. The van der Waals surface area contributed by atoms with Gasteiger partial charge in [0.15, 0.2) is 0 Å². The van der Waals surface area contributed by atoms with Crippen molar-refractivity contribution in [1.29, 1.82) is 0 Å². The van der Waals surface area contributed by atoms with Gasteiger partial charge in [-0.2, -0.15) is 0 Å². The predicted molar refractivity (Wildman–Crippen MR) is 94.0 cm³/mol. The summed E-state index contributed by atoms with van der Waals surface area (Å²) in [5.74, 6) is 0. The second kappa shape index (κ2) is 10.7. The van der Waals surface area contributed by atoms with Gasteiger partial charge in [0.1, 0.15) is 0 Å². The number of benzene rings is 1. The molecule has 1 aromatic carbocycles. The van der Waals surface area contributed by atoms with Gasteiger partial charge in [-0.25, -0.2) is 0 Å². The standard InChI is InChI=1S/C15H24N2O.C3H9N/c1-12-6-5-9-17(12)11-15(18)14(16)10-13-7-3-2-4-8-13;1-3-4-2/h2-4,7-8,12,14-15,18H,5-6,9-11,16H2,1H3;4H,3H2,1-2H3. The summed E-state index contributed by atoms with van der Waals surface area (Å²) in [6.07, 6.45) is 2.78. The molecule has 0 saturated carbocycles. The van der Waals surface area contributed by atoms with Crippen LogP contribution in [0.4, 0.5) is 0 Å². The lowest BCUT2D eigenvalue weighted by Gasteiger charge is -2.27. The van der Waals surface area contributed by atoms with Crippen molar-refractivity contribution in [2.45, 2.75) is 51.3 Å². The fourth-order valence-electron chi connectivity index (χ4n) is 2.66. The lowest BCUT2D eigenvalue weighted by molar-refractivity contribution is 0.0882. The molecule has 2 rings (SSSR count). The van der Waals surface area contributed by atoms with Crippen LogP contribution in [0, 0.1) is 0 Å². The van der Waals surface area contributed by atoms with Crippen molar-refractivity contribution in [1.82, 2.24) is 10.2 Å². The first-order chi connectivity index (χ1) is 10.6. The van der Waals surface area contributed by atoms with Crippen LogP contribution in [0.15, 0.2) is 30.3 Å². The van der Waals surface area contributed by atoms with Gasteiger partial charge in [-0.15, -0.1) is 0 Å². The summed E-state index contributed by atoms with van der Waals surface area (Å²) in [5, 5.41) is 13.1. The number of nitrogens with two attached hydrogens (primary N) is 1. The van der Waals surface area contributed by atoms with E-state index in [2.05, 4.69) is 36.2 Å². The van der Waals surface area contributed by atoms with Gasteiger partial charge < -0.3 is 16.2 Å². The van der Waals surface area contributed by atoms with Crippen LogP contribution in [-0.4, -0.2) is 54.9 Å². The molecule has 4 N–H and O–H groups in total. The Morgan fingerprint density at radius 2 is 2.00 bits per heavy atom. The summed E-state index contributed by atoms with van der Waals surface area (Å²) in [4.78, 5) is 2.34. The molecule has 0 spiro atoms. The number of likely N-dealkylation sites (tertiary alicyclic amines) is 1. The average molecular weight is 307 g/mol. The van der Waals surface area contributed by atoms with Gasteiger partial charge in [-0.05, 0) is 51.9 Å². The Bertz CT molecular complexity index is 383. The Kier molecular flexibility index (Phi) is 9.32. The van der Waals surface area contributed by atoms with Crippen LogP contribution in [0.3, 0.4) is 0 Å². The van der Waals surface area contributed by atoms with E-state index in [0.717, 1.165) is 19.5 Å². The molecule has 1 fully saturated rings. The third-order valence-corrected chi connectivity index (χ3v) is 4.27. The van der Waals surface area contributed by atoms with Crippen molar-refractivity contribution in [3.8, 4) is 0 Å². The molecule has 22 heavy (non-hydrogen) atoms. The molecule has 3 atom stereocenters. The van der Waals surface area contributed by atoms with Crippen molar-refractivity contribution in [3.63, 3.8) is 0 Å². The quantitative estimate of drug-likeness (QED) is 0.747. The Morgan fingerprint density at radius 3 is 2.50 bits per heavy atom. The lowest BCUT2D eigenvalue weighted by Crippen LogP contribution is -2.45. The lowest BCUT2D eigenvalue weighted by atomic mass is 10.0. The van der Waals surface area contributed by atoms with Crippen molar-refractivity contribution in [2.75, 3.05) is 26.7 Å². The van der Waals surface area contributed by atoms with E-state index in [1.165, 1.54) is 18.4 Å². The van der Waals surface area contributed by atoms with Gasteiger partial charge in [0, 0.05) is 18.6 Å². The molecule has 3 unspecified atom stereocenters. The van der Waals surface area contributed by atoms with Crippen LogP contribution >= 0.6 is 0 Å². The molecule has 4 nitrogen and oxygen atoms in total. The van der Waals surface area contributed by atoms with Gasteiger partial charge in [0.2, 0.25) is 0 Å². The smallest absolute Gasteiger partial charge is 0.0821 e. The molecular weight excluding hydrogens is 274 g/mol. The van der Waals surface area contributed by atoms with E-state index in [0.29, 0.717) is 12.6 Å². The Hall–Kier alpha value is -0.940. The highest BCUT2D eigenvalue weighted by Crippen LogP contribution is 2.17. The minimum absolute atomic E-state index is 0.180. The second-order valence-electron chi connectivity index (χ2n) is 6.11. The highest BCUT2D eigenvalue weighted by molar-refractivity contribution is 5.16. The first-order valence-electron chi connectivity index (χ1n) is 8.44. The SMILES string of the molecule is CC1CCCN1CC(O)C(N)Cc1ccccc1.CCNC. The molecule has 1 aliphatic heterocycles. The molecule has 126 valence electrons. The summed E-state index contributed by atoms with van der Waals surface area (Å²) in [5.41, 5.74) is 7.29. The number of nitrogens with one attached hydrogen (secondary N) is 1. The Balaban J connectivity index is 0.000000541. The number of β-amino-alcohol motifs (C(OH)–C–C–N with tert-alkyl or cyclic N) is 1. The maximum absolute atomic E-state index is 10.2. The third-order valence-electron chi connectivity index (χ3n) is 4.27. The average Bonchev–Trinajstić information content (AvgIpc) is 2.93. The van der Waals surface area contributed by atoms with Crippen LogP contribution < -0.4 is 11.1 Å². The van der Waals surface area contributed by atoms with Crippen LogP contribution in [-0.2, 0) is 6.42 Å². The molecule has 0 radical (unpaired) electrons. The van der Waals surface area contributed by atoms with Crippen LogP contribution in [0.25, 0.3) is 0 Å². The zero-order chi connectivity index (χ0) is 16.4. The molecule has 1 saturated heterocycles. The minimum Gasteiger partial charge on any atom is -0.390 e. The van der Waals surface area contributed by atoms with Gasteiger partial charge in [-0.1, -0.05) is 37.3 Å². The van der Waals surface area contributed by atoms with Crippen molar-refractivity contribution < 1.29 is 5.11 Å². The monoisotopic (exact) mass is 307 g/mol. The van der Waals surface area contributed by atoms with Gasteiger partial charge >= 0.3 is 0 Å². The third kappa shape index (κ3) is 6.88. The van der Waals surface area contributed by atoms with E-state index < -0.39 is 6.10 Å². The Labute approximate surface area is 135 Å². The number of nitrogens with zero attached hydrogens (tertiary/aromatic N) is 1. The zero-order valence-corrected chi connectivity index (χ0v) is 14.3.